The van der Waals surface area contributed by atoms with Gasteiger partial charge in [0.15, 0.2) is 0 Å². The number of carbonyl (C=O) groups is 1. The van der Waals surface area contributed by atoms with Crippen LogP contribution in [0.1, 0.15) is 12.8 Å². The molecule has 0 saturated carbocycles. The molecule has 0 saturated heterocycles. The van der Waals surface area contributed by atoms with E-state index in [1.807, 2.05) is 0 Å². The Labute approximate surface area is 203 Å². The molecule has 0 bridgehead atoms. The predicted octanol–water partition coefficient (Wildman–Crippen LogP) is 3.56. The molecule has 35 heavy (non-hydrogen) atoms. The number of carboxylic acid groups (broad SMARTS) is 1. The molecule has 4 aromatic rings. The zero-order valence-electron chi connectivity index (χ0n) is 18.6. The number of fused-ring (bicyclic) bond motifs is 2. The first-order valence-corrected chi connectivity index (χ1v) is 13.8. The van der Waals surface area contributed by atoms with Crippen molar-refractivity contribution in [3.8, 4) is 0 Å². The van der Waals surface area contributed by atoms with Crippen LogP contribution in [-0.2, 0) is 24.8 Å². The van der Waals surface area contributed by atoms with Gasteiger partial charge in [-0.05, 0) is 42.3 Å². The van der Waals surface area contributed by atoms with E-state index in [0.29, 0.717) is 10.8 Å². The smallest absolute Gasteiger partial charge is 0.323 e. The Bertz CT molecular complexity index is 1500. The number of hydrogen-bond acceptors (Lipinski definition) is 6. The number of nitrogens with two attached hydrogens (primary N) is 1. The molecule has 0 spiro atoms. The van der Waals surface area contributed by atoms with Crippen LogP contribution in [0.2, 0.25) is 0 Å². The summed E-state index contributed by atoms with van der Waals surface area (Å²) in [6.07, 6.45) is -0.163. The van der Waals surface area contributed by atoms with Crippen molar-refractivity contribution < 1.29 is 26.7 Å². The van der Waals surface area contributed by atoms with Crippen LogP contribution in [0.25, 0.3) is 21.5 Å². The molecule has 4 aromatic carbocycles. The number of benzene rings is 4. The average Bonchev–Trinajstić information content (AvgIpc) is 2.85. The SMILES string of the molecule is NCCC[C@@H](C(=O)O)N(S(=O)(=O)c1cccc2ccccc12)S(=O)(=O)c1cccc2ccccc12. The van der Waals surface area contributed by atoms with Gasteiger partial charge in [0.25, 0.3) is 20.0 Å². The highest BCUT2D eigenvalue weighted by atomic mass is 32.3. The molecule has 0 aliphatic carbocycles. The Morgan fingerprint density at radius 2 is 1.17 bits per heavy atom. The van der Waals surface area contributed by atoms with Gasteiger partial charge in [0.1, 0.15) is 6.04 Å². The lowest BCUT2D eigenvalue weighted by Gasteiger charge is -2.28. The van der Waals surface area contributed by atoms with Crippen molar-refractivity contribution in [2.24, 2.45) is 5.73 Å². The maximum Gasteiger partial charge on any atom is 0.323 e. The number of carboxylic acids is 1. The first-order chi connectivity index (χ1) is 16.7. The summed E-state index contributed by atoms with van der Waals surface area (Å²) in [6, 6.07) is 20.3. The quantitative estimate of drug-likeness (QED) is 0.350. The first kappa shape index (κ1) is 24.8. The summed E-state index contributed by atoms with van der Waals surface area (Å²) < 4.78 is 56.4. The fraction of sp³-hybridized carbons (Fsp3) is 0.160. The van der Waals surface area contributed by atoms with Gasteiger partial charge in [0.2, 0.25) is 0 Å². The lowest BCUT2D eigenvalue weighted by atomic mass is 10.1. The first-order valence-electron chi connectivity index (χ1n) is 10.9. The van der Waals surface area contributed by atoms with E-state index in [2.05, 4.69) is 0 Å². The number of sulfonamides is 2. The maximum absolute atomic E-state index is 14.1. The molecular weight excluding hydrogens is 488 g/mol. The van der Waals surface area contributed by atoms with Gasteiger partial charge >= 0.3 is 5.97 Å². The van der Waals surface area contributed by atoms with Crippen LogP contribution < -0.4 is 5.73 Å². The van der Waals surface area contributed by atoms with Gasteiger partial charge in [-0.3, -0.25) is 4.79 Å². The summed E-state index contributed by atoms with van der Waals surface area (Å²) in [5.41, 5.74) is 5.56. The number of nitrogens with zero attached hydrogens (tertiary/aromatic N) is 1. The average molecular weight is 513 g/mol. The zero-order chi connectivity index (χ0) is 25.2. The summed E-state index contributed by atoms with van der Waals surface area (Å²) in [5.74, 6) is -1.58. The second-order valence-corrected chi connectivity index (χ2v) is 11.8. The highest BCUT2D eigenvalue weighted by molar-refractivity contribution is 8.04. The highest BCUT2D eigenvalue weighted by Crippen LogP contribution is 2.34. The molecule has 182 valence electrons. The Kier molecular flexibility index (Phi) is 6.91. The molecule has 3 N–H and O–H groups in total. The maximum atomic E-state index is 14.1. The molecule has 0 fully saturated rings. The predicted molar refractivity (Wildman–Crippen MR) is 134 cm³/mol. The lowest BCUT2D eigenvalue weighted by Crippen LogP contribution is -2.48. The molecular formula is C25H24N2O6S2. The van der Waals surface area contributed by atoms with E-state index < -0.39 is 32.1 Å². The largest absolute Gasteiger partial charge is 0.480 e. The molecule has 0 amide bonds. The molecule has 8 nitrogen and oxygen atoms in total. The summed E-state index contributed by atoms with van der Waals surface area (Å²) in [7, 11) is -9.71. The topological polar surface area (TPSA) is 135 Å². The molecule has 10 heteroatoms. The van der Waals surface area contributed by atoms with Gasteiger partial charge in [-0.2, -0.15) is 0 Å². The fourth-order valence-corrected chi connectivity index (χ4v) is 8.52. The minimum absolute atomic E-state index is 0.0697. The van der Waals surface area contributed by atoms with Crippen molar-refractivity contribution in [1.29, 1.82) is 0 Å². The standard InChI is InChI=1S/C25H24N2O6S2/c26-17-7-14-22(25(28)29)27(34(30,31)23-15-5-10-18-8-1-3-12-20(18)23)35(32,33)24-16-6-11-19-9-2-4-13-21(19)24/h1-6,8-13,15-16,22H,7,14,17,26H2,(H,28,29)/t22-/m0/s1. The van der Waals surface area contributed by atoms with E-state index in [4.69, 9.17) is 5.73 Å². The molecule has 0 heterocycles. The number of hydrogen-bond donors (Lipinski definition) is 2. The van der Waals surface area contributed by atoms with Crippen molar-refractivity contribution in [3.05, 3.63) is 84.9 Å². The van der Waals surface area contributed by atoms with Gasteiger partial charge in [-0.15, -0.1) is 0 Å². The Hall–Kier alpha value is -3.31. The molecule has 0 radical (unpaired) electrons. The number of aliphatic carboxylic acids is 1. The summed E-state index contributed by atoms with van der Waals surface area (Å²) >= 11 is 0. The lowest BCUT2D eigenvalue weighted by molar-refractivity contribution is -0.140. The van der Waals surface area contributed by atoms with Crippen LogP contribution in [0.5, 0.6) is 0 Å². The third-order valence-electron chi connectivity index (χ3n) is 5.75. The molecule has 0 aliphatic heterocycles. The Morgan fingerprint density at radius 1 is 0.743 bits per heavy atom. The van der Waals surface area contributed by atoms with E-state index >= 15 is 0 Å². The van der Waals surface area contributed by atoms with E-state index in [1.54, 1.807) is 60.7 Å². The molecule has 0 unspecified atom stereocenters. The van der Waals surface area contributed by atoms with Crippen LogP contribution in [0.15, 0.2) is 94.7 Å². The Morgan fingerprint density at radius 3 is 1.60 bits per heavy atom. The van der Waals surface area contributed by atoms with Crippen molar-refractivity contribution in [1.82, 2.24) is 3.71 Å². The Balaban J connectivity index is 2.03. The fourth-order valence-electron chi connectivity index (χ4n) is 4.13. The zero-order valence-corrected chi connectivity index (χ0v) is 20.2. The van der Waals surface area contributed by atoms with E-state index in [-0.39, 0.29) is 43.7 Å². The van der Waals surface area contributed by atoms with Gasteiger partial charge in [-0.25, -0.2) is 16.8 Å². The summed E-state index contributed by atoms with van der Waals surface area (Å²) in [4.78, 5) is 11.7. The molecule has 0 aliphatic rings. The second kappa shape index (κ2) is 9.74. The minimum atomic E-state index is -4.85. The number of rotatable bonds is 9. The minimum Gasteiger partial charge on any atom is -0.480 e. The van der Waals surface area contributed by atoms with Crippen LogP contribution in [0.4, 0.5) is 0 Å². The third-order valence-corrected chi connectivity index (χ3v) is 10.2. The monoisotopic (exact) mass is 512 g/mol. The van der Waals surface area contributed by atoms with E-state index in [1.165, 1.54) is 24.3 Å². The van der Waals surface area contributed by atoms with Crippen LogP contribution in [-0.4, -0.2) is 44.2 Å². The molecule has 4 rings (SSSR count). The normalized spacial score (nSPS) is 13.3. The second-order valence-electron chi connectivity index (χ2n) is 7.97. The summed E-state index contributed by atoms with van der Waals surface area (Å²) in [5, 5.41) is 11.7. The van der Waals surface area contributed by atoms with Crippen molar-refractivity contribution in [3.63, 3.8) is 0 Å². The highest BCUT2D eigenvalue weighted by Gasteiger charge is 2.46. The van der Waals surface area contributed by atoms with Crippen molar-refractivity contribution >= 4 is 47.6 Å². The van der Waals surface area contributed by atoms with Crippen LogP contribution >= 0.6 is 0 Å². The van der Waals surface area contributed by atoms with Crippen LogP contribution in [0, 0.1) is 0 Å². The summed E-state index contributed by atoms with van der Waals surface area (Å²) in [6.45, 7) is 0.0697. The van der Waals surface area contributed by atoms with Gasteiger partial charge < -0.3 is 10.8 Å². The van der Waals surface area contributed by atoms with E-state index in [9.17, 15) is 26.7 Å². The molecule has 1 atom stereocenters. The van der Waals surface area contributed by atoms with E-state index in [0.717, 1.165) is 0 Å². The van der Waals surface area contributed by atoms with Gasteiger partial charge in [0.05, 0.1) is 9.79 Å². The van der Waals surface area contributed by atoms with Crippen LogP contribution in [0.3, 0.4) is 0 Å². The molecule has 0 aromatic heterocycles. The van der Waals surface area contributed by atoms with Gasteiger partial charge in [0, 0.05) is 10.8 Å². The van der Waals surface area contributed by atoms with Gasteiger partial charge in [-0.1, -0.05) is 76.5 Å². The van der Waals surface area contributed by atoms with Crippen molar-refractivity contribution in [2.45, 2.75) is 28.7 Å². The van der Waals surface area contributed by atoms with Crippen molar-refractivity contribution in [2.75, 3.05) is 6.54 Å². The third kappa shape index (κ3) is 4.53.